The van der Waals surface area contributed by atoms with Gasteiger partial charge in [-0.25, -0.2) is 4.98 Å². The third kappa shape index (κ3) is 3.92. The van der Waals surface area contributed by atoms with E-state index in [2.05, 4.69) is 20.5 Å². The first-order valence-corrected chi connectivity index (χ1v) is 7.63. The molecule has 1 aromatic heterocycles. The van der Waals surface area contributed by atoms with Crippen molar-refractivity contribution >= 4 is 17.4 Å². The molecule has 1 atom stereocenters. The van der Waals surface area contributed by atoms with Crippen LogP contribution < -0.4 is 15.5 Å². The predicted octanol–water partition coefficient (Wildman–Crippen LogP) is 0.999. The summed E-state index contributed by atoms with van der Waals surface area (Å²) in [5.74, 6) is 0.990. The minimum atomic E-state index is 0.0512. The summed E-state index contributed by atoms with van der Waals surface area (Å²) in [6.07, 6.45) is 4.51. The molecule has 3 heterocycles. The molecule has 2 aliphatic heterocycles. The van der Waals surface area contributed by atoms with Gasteiger partial charge < -0.3 is 20.3 Å². The van der Waals surface area contributed by atoms with Gasteiger partial charge in [0, 0.05) is 25.6 Å². The van der Waals surface area contributed by atoms with Gasteiger partial charge in [0.25, 0.3) is 0 Å². The van der Waals surface area contributed by atoms with Gasteiger partial charge in [0.2, 0.25) is 5.91 Å². The normalized spacial score (nSPS) is 22.3. The van der Waals surface area contributed by atoms with Crippen molar-refractivity contribution in [2.24, 2.45) is 0 Å². The third-order valence-corrected chi connectivity index (χ3v) is 3.96. The van der Waals surface area contributed by atoms with Crippen LogP contribution >= 0.6 is 0 Å². The number of nitrogens with zero attached hydrogens (tertiary/aromatic N) is 2. The quantitative estimate of drug-likeness (QED) is 0.866. The maximum absolute atomic E-state index is 11.9. The standard InChI is InChI=1S/C15H22N4O2/c20-15(10-12-2-1-5-16-12)18-13-3-4-14(17-11-13)19-6-8-21-9-7-19/h3-4,11-12,16H,1-2,5-10H2,(H,18,20). The largest absolute Gasteiger partial charge is 0.378 e. The fourth-order valence-corrected chi connectivity index (χ4v) is 2.81. The van der Waals surface area contributed by atoms with Gasteiger partial charge in [-0.2, -0.15) is 0 Å². The number of carbonyl (C=O) groups excluding carboxylic acids is 1. The number of pyridine rings is 1. The van der Waals surface area contributed by atoms with Gasteiger partial charge in [0.05, 0.1) is 25.1 Å². The van der Waals surface area contributed by atoms with E-state index in [1.165, 1.54) is 0 Å². The molecule has 3 rings (SSSR count). The zero-order valence-electron chi connectivity index (χ0n) is 12.2. The van der Waals surface area contributed by atoms with Crippen LogP contribution in [0.1, 0.15) is 19.3 Å². The van der Waals surface area contributed by atoms with E-state index in [9.17, 15) is 4.79 Å². The molecular formula is C15H22N4O2. The Morgan fingerprint density at radius 2 is 2.29 bits per heavy atom. The smallest absolute Gasteiger partial charge is 0.225 e. The molecule has 6 heteroatoms. The van der Waals surface area contributed by atoms with Crippen molar-refractivity contribution in [1.29, 1.82) is 0 Å². The van der Waals surface area contributed by atoms with Crippen LogP contribution in [0.3, 0.4) is 0 Å². The van der Waals surface area contributed by atoms with Crippen LogP contribution in [-0.4, -0.2) is 49.8 Å². The van der Waals surface area contributed by atoms with E-state index < -0.39 is 0 Å². The third-order valence-electron chi connectivity index (χ3n) is 3.96. The van der Waals surface area contributed by atoms with Crippen molar-refractivity contribution in [3.8, 4) is 0 Å². The Kier molecular flexibility index (Phi) is 4.67. The molecule has 1 aromatic rings. The molecule has 2 aliphatic rings. The molecule has 0 bridgehead atoms. The molecule has 0 aliphatic carbocycles. The molecule has 0 saturated carbocycles. The molecular weight excluding hydrogens is 268 g/mol. The summed E-state index contributed by atoms with van der Waals surface area (Å²) in [4.78, 5) is 18.6. The molecule has 0 radical (unpaired) electrons. The maximum Gasteiger partial charge on any atom is 0.225 e. The molecule has 114 valence electrons. The lowest BCUT2D eigenvalue weighted by Crippen LogP contribution is -2.36. The summed E-state index contributed by atoms with van der Waals surface area (Å²) >= 11 is 0. The summed E-state index contributed by atoms with van der Waals surface area (Å²) in [5, 5.41) is 6.24. The van der Waals surface area contributed by atoms with Crippen LogP contribution in [0.4, 0.5) is 11.5 Å². The highest BCUT2D eigenvalue weighted by molar-refractivity contribution is 5.91. The first-order chi connectivity index (χ1) is 10.3. The average molecular weight is 290 g/mol. The van der Waals surface area contributed by atoms with Crippen molar-refractivity contribution in [1.82, 2.24) is 10.3 Å². The second-order valence-electron chi connectivity index (χ2n) is 5.55. The van der Waals surface area contributed by atoms with Crippen LogP contribution in [0, 0.1) is 0 Å². The topological polar surface area (TPSA) is 66.5 Å². The minimum absolute atomic E-state index is 0.0512. The van der Waals surface area contributed by atoms with E-state index in [-0.39, 0.29) is 5.91 Å². The van der Waals surface area contributed by atoms with Crippen LogP contribution in [0.25, 0.3) is 0 Å². The lowest BCUT2D eigenvalue weighted by atomic mass is 10.1. The fourth-order valence-electron chi connectivity index (χ4n) is 2.81. The fraction of sp³-hybridized carbons (Fsp3) is 0.600. The molecule has 2 N–H and O–H groups in total. The molecule has 21 heavy (non-hydrogen) atoms. The van der Waals surface area contributed by atoms with E-state index in [1.54, 1.807) is 6.20 Å². The molecule has 1 unspecified atom stereocenters. The Morgan fingerprint density at radius 1 is 1.43 bits per heavy atom. The number of aromatic nitrogens is 1. The number of hydrogen-bond acceptors (Lipinski definition) is 5. The van der Waals surface area contributed by atoms with Gasteiger partial charge in [-0.15, -0.1) is 0 Å². The maximum atomic E-state index is 11.9. The molecule has 6 nitrogen and oxygen atoms in total. The molecule has 2 saturated heterocycles. The van der Waals surface area contributed by atoms with E-state index in [4.69, 9.17) is 4.74 Å². The van der Waals surface area contributed by atoms with Crippen LogP contribution in [0.5, 0.6) is 0 Å². The zero-order chi connectivity index (χ0) is 14.5. The number of amides is 1. The Labute approximate surface area is 124 Å². The van der Waals surface area contributed by atoms with E-state index in [0.717, 1.165) is 57.2 Å². The van der Waals surface area contributed by atoms with Gasteiger partial charge in [0.1, 0.15) is 5.82 Å². The van der Waals surface area contributed by atoms with Crippen molar-refractivity contribution in [2.75, 3.05) is 43.1 Å². The highest BCUT2D eigenvalue weighted by Crippen LogP contribution is 2.16. The lowest BCUT2D eigenvalue weighted by molar-refractivity contribution is -0.116. The minimum Gasteiger partial charge on any atom is -0.378 e. The molecule has 0 spiro atoms. The summed E-state index contributed by atoms with van der Waals surface area (Å²) < 4.78 is 5.33. The first-order valence-electron chi connectivity index (χ1n) is 7.63. The van der Waals surface area contributed by atoms with Crippen molar-refractivity contribution in [3.63, 3.8) is 0 Å². The molecule has 1 amide bonds. The summed E-state index contributed by atoms with van der Waals surface area (Å²) in [7, 11) is 0. The zero-order valence-corrected chi connectivity index (χ0v) is 12.2. The van der Waals surface area contributed by atoms with Crippen LogP contribution in [-0.2, 0) is 9.53 Å². The Balaban J connectivity index is 1.52. The van der Waals surface area contributed by atoms with E-state index in [0.29, 0.717) is 12.5 Å². The van der Waals surface area contributed by atoms with Gasteiger partial charge in [-0.3, -0.25) is 4.79 Å². The van der Waals surface area contributed by atoms with Crippen molar-refractivity contribution in [3.05, 3.63) is 18.3 Å². The lowest BCUT2D eigenvalue weighted by Gasteiger charge is -2.27. The number of ether oxygens (including phenoxy) is 1. The van der Waals surface area contributed by atoms with Crippen LogP contribution in [0.2, 0.25) is 0 Å². The number of morpholine rings is 1. The van der Waals surface area contributed by atoms with Gasteiger partial charge in [-0.1, -0.05) is 0 Å². The second kappa shape index (κ2) is 6.87. The SMILES string of the molecule is O=C(CC1CCCN1)Nc1ccc(N2CCOCC2)nc1. The summed E-state index contributed by atoms with van der Waals surface area (Å²) in [6, 6.07) is 4.19. The van der Waals surface area contributed by atoms with E-state index >= 15 is 0 Å². The monoisotopic (exact) mass is 290 g/mol. The van der Waals surface area contributed by atoms with E-state index in [1.807, 2.05) is 12.1 Å². The summed E-state index contributed by atoms with van der Waals surface area (Å²) in [6.45, 7) is 4.25. The average Bonchev–Trinajstić information content (AvgIpc) is 3.02. The number of anilines is 2. The Bertz CT molecular complexity index is 465. The number of carbonyl (C=O) groups is 1. The highest BCUT2D eigenvalue weighted by Gasteiger charge is 2.18. The number of hydrogen-bond donors (Lipinski definition) is 2. The number of rotatable bonds is 4. The Hall–Kier alpha value is -1.66. The van der Waals surface area contributed by atoms with Crippen molar-refractivity contribution < 1.29 is 9.53 Å². The first kappa shape index (κ1) is 14.3. The Morgan fingerprint density at radius 3 is 2.95 bits per heavy atom. The predicted molar refractivity (Wildman–Crippen MR) is 81.5 cm³/mol. The van der Waals surface area contributed by atoms with Gasteiger partial charge in [-0.05, 0) is 31.5 Å². The van der Waals surface area contributed by atoms with Crippen LogP contribution in [0.15, 0.2) is 18.3 Å². The molecule has 0 aromatic carbocycles. The van der Waals surface area contributed by atoms with Crippen molar-refractivity contribution in [2.45, 2.75) is 25.3 Å². The molecule has 2 fully saturated rings. The van der Waals surface area contributed by atoms with Gasteiger partial charge >= 0.3 is 0 Å². The van der Waals surface area contributed by atoms with Gasteiger partial charge in [0.15, 0.2) is 0 Å². The number of nitrogens with one attached hydrogen (secondary N) is 2. The highest BCUT2D eigenvalue weighted by atomic mass is 16.5. The summed E-state index contributed by atoms with van der Waals surface area (Å²) in [5.41, 5.74) is 0.759. The second-order valence-corrected chi connectivity index (χ2v) is 5.55.